The summed E-state index contributed by atoms with van der Waals surface area (Å²) in [5.74, 6) is 1.07. The Kier molecular flexibility index (Phi) is 1.84. The lowest BCUT2D eigenvalue weighted by molar-refractivity contribution is 0.345. The van der Waals surface area contributed by atoms with E-state index in [9.17, 15) is 5.11 Å². The zero-order valence-electron chi connectivity index (χ0n) is 8.87. The second kappa shape index (κ2) is 2.99. The van der Waals surface area contributed by atoms with Gasteiger partial charge in [0.05, 0.1) is 0 Å². The molecule has 0 aliphatic heterocycles. The molecule has 1 atom stereocenters. The standard InChI is InChI=1S/C13H17NO/c14-8-10-5-4-9-2-1-3-11(15)12(9)13(10)6-7-13/h1-3,10,15H,4-8,14H2. The molecule has 1 unspecified atom stereocenters. The summed E-state index contributed by atoms with van der Waals surface area (Å²) in [4.78, 5) is 0. The van der Waals surface area contributed by atoms with Crippen LogP contribution in [0.1, 0.15) is 30.4 Å². The Morgan fingerprint density at radius 2 is 2.20 bits per heavy atom. The number of aryl methyl sites for hydroxylation is 1. The van der Waals surface area contributed by atoms with Crippen molar-refractivity contribution in [2.24, 2.45) is 11.7 Å². The van der Waals surface area contributed by atoms with E-state index >= 15 is 0 Å². The number of hydrogen-bond donors (Lipinski definition) is 2. The lowest BCUT2D eigenvalue weighted by Gasteiger charge is -2.33. The first kappa shape index (κ1) is 9.22. The first-order valence-corrected chi connectivity index (χ1v) is 5.79. The predicted molar refractivity (Wildman–Crippen MR) is 59.9 cm³/mol. The molecule has 0 saturated heterocycles. The topological polar surface area (TPSA) is 46.2 Å². The predicted octanol–water partition coefficient (Wildman–Crippen LogP) is 1.94. The molecule has 0 amide bonds. The number of phenolic OH excluding ortho intramolecular Hbond substituents is 1. The molecule has 3 rings (SSSR count). The summed E-state index contributed by atoms with van der Waals surface area (Å²) in [6.45, 7) is 0.758. The molecule has 0 heterocycles. The fourth-order valence-corrected chi connectivity index (χ4v) is 3.32. The maximum atomic E-state index is 10.0. The number of nitrogens with two attached hydrogens (primary N) is 1. The fourth-order valence-electron chi connectivity index (χ4n) is 3.32. The van der Waals surface area contributed by atoms with E-state index in [1.807, 2.05) is 12.1 Å². The lowest BCUT2D eigenvalue weighted by Crippen LogP contribution is -2.32. The van der Waals surface area contributed by atoms with Crippen molar-refractivity contribution in [2.45, 2.75) is 31.1 Å². The molecule has 1 aromatic rings. The maximum Gasteiger partial charge on any atom is 0.119 e. The van der Waals surface area contributed by atoms with Gasteiger partial charge in [0.15, 0.2) is 0 Å². The van der Waals surface area contributed by atoms with Gasteiger partial charge < -0.3 is 10.8 Å². The zero-order chi connectivity index (χ0) is 10.5. The van der Waals surface area contributed by atoms with Crippen LogP contribution in [-0.4, -0.2) is 11.7 Å². The highest BCUT2D eigenvalue weighted by atomic mass is 16.3. The van der Waals surface area contributed by atoms with Gasteiger partial charge in [0.1, 0.15) is 5.75 Å². The first-order valence-electron chi connectivity index (χ1n) is 5.79. The van der Waals surface area contributed by atoms with Crippen LogP contribution in [-0.2, 0) is 11.8 Å². The van der Waals surface area contributed by atoms with E-state index in [4.69, 9.17) is 5.73 Å². The summed E-state index contributed by atoms with van der Waals surface area (Å²) < 4.78 is 0. The van der Waals surface area contributed by atoms with Gasteiger partial charge in [0.25, 0.3) is 0 Å². The minimum absolute atomic E-state index is 0.244. The fraction of sp³-hybridized carbons (Fsp3) is 0.538. The number of rotatable bonds is 1. The highest BCUT2D eigenvalue weighted by Crippen LogP contribution is 2.60. The van der Waals surface area contributed by atoms with Gasteiger partial charge in [0, 0.05) is 11.0 Å². The van der Waals surface area contributed by atoms with Gasteiger partial charge in [-0.05, 0) is 49.8 Å². The molecule has 2 nitrogen and oxygen atoms in total. The largest absolute Gasteiger partial charge is 0.508 e. The Labute approximate surface area is 90.1 Å². The summed E-state index contributed by atoms with van der Waals surface area (Å²) in [5.41, 5.74) is 8.65. The molecule has 3 N–H and O–H groups in total. The summed E-state index contributed by atoms with van der Waals surface area (Å²) in [7, 11) is 0. The molecule has 1 saturated carbocycles. The Hall–Kier alpha value is -1.02. The van der Waals surface area contributed by atoms with E-state index < -0.39 is 0 Å². The van der Waals surface area contributed by atoms with Crippen molar-refractivity contribution in [3.05, 3.63) is 29.3 Å². The maximum absolute atomic E-state index is 10.0. The molecular weight excluding hydrogens is 186 g/mol. The van der Waals surface area contributed by atoms with E-state index in [-0.39, 0.29) is 5.41 Å². The molecule has 1 fully saturated rings. The monoisotopic (exact) mass is 203 g/mol. The average Bonchev–Trinajstić information content (AvgIpc) is 3.00. The van der Waals surface area contributed by atoms with Crippen molar-refractivity contribution in [1.29, 1.82) is 0 Å². The van der Waals surface area contributed by atoms with Gasteiger partial charge in [-0.2, -0.15) is 0 Å². The third-order valence-electron chi connectivity index (χ3n) is 4.24. The van der Waals surface area contributed by atoms with Crippen molar-refractivity contribution >= 4 is 0 Å². The Morgan fingerprint density at radius 1 is 1.40 bits per heavy atom. The third-order valence-corrected chi connectivity index (χ3v) is 4.24. The highest BCUT2D eigenvalue weighted by molar-refractivity contribution is 5.50. The normalized spacial score (nSPS) is 26.3. The molecule has 0 aromatic heterocycles. The molecule has 1 spiro atoms. The first-order chi connectivity index (χ1) is 7.28. The number of fused-ring (bicyclic) bond motifs is 2. The summed E-state index contributed by atoms with van der Waals surface area (Å²) in [5, 5.41) is 10.0. The number of benzene rings is 1. The van der Waals surface area contributed by atoms with Crippen molar-refractivity contribution in [1.82, 2.24) is 0 Å². The minimum Gasteiger partial charge on any atom is -0.508 e. The van der Waals surface area contributed by atoms with Gasteiger partial charge in [-0.3, -0.25) is 0 Å². The minimum atomic E-state index is 0.244. The van der Waals surface area contributed by atoms with Crippen LogP contribution in [0.4, 0.5) is 0 Å². The average molecular weight is 203 g/mol. The molecule has 2 aliphatic rings. The number of aromatic hydroxyl groups is 1. The van der Waals surface area contributed by atoms with Crippen LogP contribution in [0.25, 0.3) is 0 Å². The van der Waals surface area contributed by atoms with Crippen LogP contribution >= 0.6 is 0 Å². The summed E-state index contributed by atoms with van der Waals surface area (Å²) in [6.07, 6.45) is 4.68. The highest BCUT2D eigenvalue weighted by Gasteiger charge is 2.53. The van der Waals surface area contributed by atoms with E-state index in [1.165, 1.54) is 30.4 Å². The third kappa shape index (κ3) is 1.14. The second-order valence-corrected chi connectivity index (χ2v) is 4.94. The summed E-state index contributed by atoms with van der Waals surface area (Å²) >= 11 is 0. The van der Waals surface area contributed by atoms with Crippen LogP contribution in [0, 0.1) is 5.92 Å². The molecular formula is C13H17NO. The van der Waals surface area contributed by atoms with E-state index in [1.54, 1.807) is 0 Å². The SMILES string of the molecule is NCC1CCc2cccc(O)c2C12CC2. The molecule has 15 heavy (non-hydrogen) atoms. The van der Waals surface area contributed by atoms with Gasteiger partial charge in [-0.25, -0.2) is 0 Å². The van der Waals surface area contributed by atoms with Crippen molar-refractivity contribution in [3.8, 4) is 5.75 Å². The van der Waals surface area contributed by atoms with E-state index in [0.29, 0.717) is 11.7 Å². The quantitative estimate of drug-likeness (QED) is 0.732. The van der Waals surface area contributed by atoms with Crippen LogP contribution < -0.4 is 5.73 Å². The molecule has 1 aromatic carbocycles. The van der Waals surface area contributed by atoms with Gasteiger partial charge in [-0.1, -0.05) is 12.1 Å². The van der Waals surface area contributed by atoms with Crippen LogP contribution in [0.15, 0.2) is 18.2 Å². The Morgan fingerprint density at radius 3 is 2.87 bits per heavy atom. The molecule has 0 bridgehead atoms. The van der Waals surface area contributed by atoms with Crippen molar-refractivity contribution in [2.75, 3.05) is 6.54 Å². The smallest absolute Gasteiger partial charge is 0.119 e. The van der Waals surface area contributed by atoms with Crippen LogP contribution in [0.3, 0.4) is 0 Å². The van der Waals surface area contributed by atoms with Crippen LogP contribution in [0.5, 0.6) is 5.75 Å². The molecule has 2 aliphatic carbocycles. The molecule has 80 valence electrons. The Bertz CT molecular complexity index is 396. The van der Waals surface area contributed by atoms with Gasteiger partial charge >= 0.3 is 0 Å². The Balaban J connectivity index is 2.14. The zero-order valence-corrected chi connectivity index (χ0v) is 8.87. The van der Waals surface area contributed by atoms with Gasteiger partial charge in [0.2, 0.25) is 0 Å². The van der Waals surface area contributed by atoms with E-state index in [0.717, 1.165) is 13.0 Å². The lowest BCUT2D eigenvalue weighted by atomic mass is 9.72. The number of phenols is 1. The summed E-state index contributed by atoms with van der Waals surface area (Å²) in [6, 6.07) is 5.92. The van der Waals surface area contributed by atoms with Gasteiger partial charge in [-0.15, -0.1) is 0 Å². The van der Waals surface area contributed by atoms with Crippen molar-refractivity contribution < 1.29 is 5.11 Å². The van der Waals surface area contributed by atoms with E-state index in [2.05, 4.69) is 6.07 Å². The molecule has 2 heteroatoms. The van der Waals surface area contributed by atoms with Crippen LogP contribution in [0.2, 0.25) is 0 Å². The number of hydrogen-bond acceptors (Lipinski definition) is 2. The van der Waals surface area contributed by atoms with Crippen molar-refractivity contribution in [3.63, 3.8) is 0 Å². The second-order valence-electron chi connectivity index (χ2n) is 4.94. The molecule has 0 radical (unpaired) electrons.